The van der Waals surface area contributed by atoms with Crippen LogP contribution in [0.25, 0.3) is 0 Å². The fourth-order valence-electron chi connectivity index (χ4n) is 1.96. The van der Waals surface area contributed by atoms with E-state index in [-0.39, 0.29) is 12.3 Å². The van der Waals surface area contributed by atoms with Crippen molar-refractivity contribution in [3.05, 3.63) is 0 Å². The molecule has 17 heavy (non-hydrogen) atoms. The third-order valence-electron chi connectivity index (χ3n) is 2.77. The molecule has 4 N–H and O–H groups in total. The van der Waals surface area contributed by atoms with Gasteiger partial charge in [-0.05, 0) is 12.3 Å². The third-order valence-corrected chi connectivity index (χ3v) is 2.77. The lowest BCUT2D eigenvalue weighted by atomic mass is 10.1. The molecule has 0 aromatic rings. The first-order valence-corrected chi connectivity index (χ1v) is 5.38. The van der Waals surface area contributed by atoms with E-state index in [1.54, 1.807) is 0 Å². The van der Waals surface area contributed by atoms with Gasteiger partial charge in [0.2, 0.25) is 5.91 Å². The van der Waals surface area contributed by atoms with Crippen molar-refractivity contribution in [2.45, 2.75) is 25.3 Å². The highest BCUT2D eigenvalue weighted by Crippen LogP contribution is 2.20. The molecule has 7 nitrogen and oxygen atoms in total. The largest absolute Gasteiger partial charge is 0.481 e. The van der Waals surface area contributed by atoms with Crippen LogP contribution in [0.15, 0.2) is 0 Å². The Morgan fingerprint density at radius 2 is 1.94 bits per heavy atom. The molecule has 1 aliphatic heterocycles. The van der Waals surface area contributed by atoms with Crippen LogP contribution in [-0.4, -0.2) is 52.1 Å². The quantitative estimate of drug-likeness (QED) is 0.577. The van der Waals surface area contributed by atoms with Gasteiger partial charge < -0.3 is 20.8 Å². The van der Waals surface area contributed by atoms with Gasteiger partial charge in [-0.2, -0.15) is 0 Å². The number of rotatable bonds is 5. The molecule has 0 aromatic carbocycles. The van der Waals surface area contributed by atoms with Crippen LogP contribution in [0.1, 0.15) is 19.3 Å². The number of aliphatic carboxylic acids is 2. The molecule has 0 saturated carbocycles. The number of hydrogen-bond donors (Lipinski definition) is 3. The molecule has 0 spiro atoms. The van der Waals surface area contributed by atoms with E-state index in [0.29, 0.717) is 19.5 Å². The number of carbonyl (C=O) groups excluding carboxylic acids is 1. The predicted octanol–water partition coefficient (Wildman–Crippen LogP) is -0.888. The second-order valence-corrected chi connectivity index (χ2v) is 4.24. The highest BCUT2D eigenvalue weighted by Gasteiger charge is 2.30. The van der Waals surface area contributed by atoms with Crippen molar-refractivity contribution >= 4 is 17.8 Å². The number of carbonyl (C=O) groups is 3. The van der Waals surface area contributed by atoms with Crippen molar-refractivity contribution in [3.8, 4) is 0 Å². The Kier molecular flexibility index (Phi) is 4.45. The van der Waals surface area contributed by atoms with Crippen LogP contribution in [0.5, 0.6) is 0 Å². The number of carboxylic acid groups (broad SMARTS) is 2. The van der Waals surface area contributed by atoms with E-state index >= 15 is 0 Å². The van der Waals surface area contributed by atoms with Gasteiger partial charge in [0, 0.05) is 19.5 Å². The number of hydrogen-bond acceptors (Lipinski definition) is 4. The summed E-state index contributed by atoms with van der Waals surface area (Å²) in [6, 6.07) is -1.05. The highest BCUT2D eigenvalue weighted by molar-refractivity contribution is 5.86. The smallest absolute Gasteiger partial charge is 0.305 e. The van der Waals surface area contributed by atoms with Gasteiger partial charge in [-0.1, -0.05) is 0 Å². The SMILES string of the molecule is NC(CC(=O)O)C(=O)N1CCC(CC(=O)O)C1. The summed E-state index contributed by atoms with van der Waals surface area (Å²) < 4.78 is 0. The molecule has 0 aliphatic carbocycles. The van der Waals surface area contributed by atoms with Gasteiger partial charge in [0.1, 0.15) is 0 Å². The molecule has 0 bridgehead atoms. The van der Waals surface area contributed by atoms with Crippen LogP contribution in [0.4, 0.5) is 0 Å². The maximum absolute atomic E-state index is 11.7. The molecule has 96 valence electrons. The van der Waals surface area contributed by atoms with Gasteiger partial charge in [0.15, 0.2) is 0 Å². The normalized spacial score (nSPS) is 21.2. The number of likely N-dealkylation sites (tertiary alicyclic amines) is 1. The lowest BCUT2D eigenvalue weighted by molar-refractivity contribution is -0.141. The van der Waals surface area contributed by atoms with E-state index in [2.05, 4.69) is 0 Å². The fraction of sp³-hybridized carbons (Fsp3) is 0.700. The number of carboxylic acids is 2. The number of nitrogens with two attached hydrogens (primary N) is 1. The van der Waals surface area contributed by atoms with Crippen LogP contribution in [0.3, 0.4) is 0 Å². The van der Waals surface area contributed by atoms with Gasteiger partial charge in [-0.15, -0.1) is 0 Å². The van der Waals surface area contributed by atoms with Crippen LogP contribution in [-0.2, 0) is 14.4 Å². The second-order valence-electron chi connectivity index (χ2n) is 4.24. The van der Waals surface area contributed by atoms with E-state index < -0.39 is 30.3 Å². The maximum atomic E-state index is 11.7. The van der Waals surface area contributed by atoms with Gasteiger partial charge in [-0.25, -0.2) is 0 Å². The average Bonchev–Trinajstić information content (AvgIpc) is 2.62. The molecular weight excluding hydrogens is 228 g/mol. The Balaban J connectivity index is 2.44. The molecule has 1 rings (SSSR count). The van der Waals surface area contributed by atoms with E-state index in [4.69, 9.17) is 15.9 Å². The first kappa shape index (κ1) is 13.4. The average molecular weight is 244 g/mol. The van der Waals surface area contributed by atoms with Crippen molar-refractivity contribution in [3.63, 3.8) is 0 Å². The number of nitrogens with zero attached hydrogens (tertiary/aromatic N) is 1. The third kappa shape index (κ3) is 4.03. The lowest BCUT2D eigenvalue weighted by Crippen LogP contribution is -2.43. The summed E-state index contributed by atoms with van der Waals surface area (Å²) in [6.07, 6.45) is 0.245. The zero-order valence-electron chi connectivity index (χ0n) is 9.33. The van der Waals surface area contributed by atoms with E-state index in [0.717, 1.165) is 0 Å². The molecule has 1 saturated heterocycles. The van der Waals surface area contributed by atoms with Crippen LogP contribution in [0.2, 0.25) is 0 Å². The fourth-order valence-corrected chi connectivity index (χ4v) is 1.96. The number of amides is 1. The van der Waals surface area contributed by atoms with Crippen molar-refractivity contribution < 1.29 is 24.6 Å². The predicted molar refractivity (Wildman–Crippen MR) is 57.2 cm³/mol. The van der Waals surface area contributed by atoms with E-state index in [9.17, 15) is 14.4 Å². The molecule has 2 unspecified atom stereocenters. The first-order valence-electron chi connectivity index (χ1n) is 5.38. The molecule has 2 atom stereocenters. The summed E-state index contributed by atoms with van der Waals surface area (Å²) in [5, 5.41) is 17.1. The Morgan fingerprint density at radius 1 is 1.29 bits per heavy atom. The first-order chi connectivity index (χ1) is 7.90. The lowest BCUT2D eigenvalue weighted by Gasteiger charge is -2.19. The molecule has 0 aromatic heterocycles. The summed E-state index contributed by atoms with van der Waals surface area (Å²) in [5.74, 6) is -2.49. The summed E-state index contributed by atoms with van der Waals surface area (Å²) in [7, 11) is 0. The highest BCUT2D eigenvalue weighted by atomic mass is 16.4. The van der Waals surface area contributed by atoms with Gasteiger partial charge in [0.25, 0.3) is 0 Å². The monoisotopic (exact) mass is 244 g/mol. The zero-order valence-corrected chi connectivity index (χ0v) is 9.33. The topological polar surface area (TPSA) is 121 Å². The molecular formula is C10H16N2O5. The molecule has 1 aliphatic rings. The van der Waals surface area contributed by atoms with Gasteiger partial charge in [-0.3, -0.25) is 14.4 Å². The molecule has 7 heteroatoms. The maximum Gasteiger partial charge on any atom is 0.305 e. The molecule has 1 fully saturated rings. The van der Waals surface area contributed by atoms with Crippen molar-refractivity contribution in [2.75, 3.05) is 13.1 Å². The van der Waals surface area contributed by atoms with Crippen LogP contribution in [0, 0.1) is 5.92 Å². The Morgan fingerprint density at radius 3 is 2.47 bits per heavy atom. The molecule has 1 heterocycles. The Bertz CT molecular complexity index is 331. The van der Waals surface area contributed by atoms with Gasteiger partial charge in [0.05, 0.1) is 12.5 Å². The van der Waals surface area contributed by atoms with Crippen molar-refractivity contribution in [1.82, 2.24) is 4.90 Å². The second kappa shape index (κ2) is 5.62. The van der Waals surface area contributed by atoms with Crippen LogP contribution < -0.4 is 5.73 Å². The van der Waals surface area contributed by atoms with Gasteiger partial charge >= 0.3 is 11.9 Å². The minimum absolute atomic E-state index is 0.0257. The van der Waals surface area contributed by atoms with Crippen molar-refractivity contribution in [2.24, 2.45) is 11.7 Å². The zero-order chi connectivity index (χ0) is 13.0. The van der Waals surface area contributed by atoms with Crippen molar-refractivity contribution in [1.29, 1.82) is 0 Å². The Labute approximate surface area is 98.2 Å². The van der Waals surface area contributed by atoms with Crippen LogP contribution >= 0.6 is 0 Å². The Hall–Kier alpha value is -1.63. The summed E-state index contributed by atoms with van der Waals surface area (Å²) in [5.41, 5.74) is 5.46. The summed E-state index contributed by atoms with van der Waals surface area (Å²) in [6.45, 7) is 0.794. The summed E-state index contributed by atoms with van der Waals surface area (Å²) >= 11 is 0. The minimum Gasteiger partial charge on any atom is -0.481 e. The summed E-state index contributed by atoms with van der Waals surface area (Å²) in [4.78, 5) is 34.1. The molecule has 0 radical (unpaired) electrons. The molecule has 1 amide bonds. The van der Waals surface area contributed by atoms with E-state index in [1.807, 2.05) is 0 Å². The van der Waals surface area contributed by atoms with E-state index in [1.165, 1.54) is 4.90 Å². The minimum atomic E-state index is -1.12. The standard InChI is InChI=1S/C10H16N2O5/c11-7(4-9(15)16)10(17)12-2-1-6(5-12)3-8(13)14/h6-7H,1-5,11H2,(H,13,14)(H,15,16).